The van der Waals surface area contributed by atoms with Gasteiger partial charge >= 0.3 is 5.97 Å². The maximum atomic E-state index is 11.0. The molecular weight excluding hydrogens is 316 g/mol. The van der Waals surface area contributed by atoms with E-state index in [4.69, 9.17) is 14.6 Å². The topological polar surface area (TPSA) is 65.0 Å². The molecule has 0 amide bonds. The van der Waals surface area contributed by atoms with Crippen molar-refractivity contribution in [1.29, 1.82) is 0 Å². The first-order chi connectivity index (χ1) is 9.12. The Morgan fingerprint density at radius 2 is 2.11 bits per heavy atom. The second kappa shape index (κ2) is 8.01. The summed E-state index contributed by atoms with van der Waals surface area (Å²) < 4.78 is 16.2. The molecule has 6 heteroatoms. The minimum absolute atomic E-state index is 0.0822. The van der Waals surface area contributed by atoms with Crippen LogP contribution in [0.4, 0.5) is 0 Å². The third-order valence-corrected chi connectivity index (χ3v) is 2.92. The van der Waals surface area contributed by atoms with Gasteiger partial charge < -0.3 is 19.3 Å². The molecule has 0 bridgehead atoms. The van der Waals surface area contributed by atoms with E-state index in [1.165, 1.54) is 7.11 Å². The van der Waals surface area contributed by atoms with Gasteiger partial charge in [-0.1, -0.05) is 0 Å². The van der Waals surface area contributed by atoms with Crippen LogP contribution in [0.2, 0.25) is 0 Å². The number of carbonyl (C=O) groups is 1. The summed E-state index contributed by atoms with van der Waals surface area (Å²) in [6, 6.07) is 3.46. The van der Waals surface area contributed by atoms with Crippen LogP contribution in [-0.2, 0) is 16.1 Å². The summed E-state index contributed by atoms with van der Waals surface area (Å²) >= 11 is 3.36. The first-order valence-electron chi connectivity index (χ1n) is 5.88. The average molecular weight is 333 g/mol. The Hall–Kier alpha value is -1.27. The molecular formula is C13H17BrO5. The van der Waals surface area contributed by atoms with Gasteiger partial charge in [0, 0.05) is 0 Å². The number of rotatable bonds is 7. The Balaban J connectivity index is 2.82. The summed E-state index contributed by atoms with van der Waals surface area (Å²) in [6.07, 6.45) is 0.163. The highest BCUT2D eigenvalue weighted by Crippen LogP contribution is 2.37. The minimum Gasteiger partial charge on any atom is -0.490 e. The summed E-state index contributed by atoms with van der Waals surface area (Å²) in [6.45, 7) is 2.46. The maximum absolute atomic E-state index is 11.0. The Morgan fingerprint density at radius 1 is 1.37 bits per heavy atom. The summed E-state index contributed by atoms with van der Waals surface area (Å²) in [7, 11) is 1.33. The van der Waals surface area contributed by atoms with E-state index in [0.29, 0.717) is 22.6 Å². The molecule has 0 aromatic heterocycles. The Morgan fingerprint density at radius 3 is 2.68 bits per heavy atom. The fraction of sp³-hybridized carbons (Fsp3) is 0.462. The van der Waals surface area contributed by atoms with Crippen LogP contribution in [0.1, 0.15) is 18.9 Å². The number of hydrogen-bond donors (Lipinski definition) is 1. The molecule has 0 spiro atoms. The lowest BCUT2D eigenvalue weighted by atomic mass is 10.2. The van der Waals surface area contributed by atoms with Crippen LogP contribution in [0.15, 0.2) is 16.6 Å². The van der Waals surface area contributed by atoms with E-state index >= 15 is 0 Å². The number of esters is 1. The normalized spacial score (nSPS) is 10.1. The summed E-state index contributed by atoms with van der Waals surface area (Å²) in [5.41, 5.74) is 0.718. The van der Waals surface area contributed by atoms with Crippen molar-refractivity contribution in [2.75, 3.05) is 20.3 Å². The minimum atomic E-state index is -0.332. The quantitative estimate of drug-likeness (QED) is 0.776. The van der Waals surface area contributed by atoms with Gasteiger partial charge in [0.25, 0.3) is 0 Å². The van der Waals surface area contributed by atoms with Gasteiger partial charge in [0.2, 0.25) is 0 Å². The second-order valence-corrected chi connectivity index (χ2v) is 4.52. The van der Waals surface area contributed by atoms with Gasteiger partial charge in [-0.2, -0.15) is 0 Å². The van der Waals surface area contributed by atoms with Gasteiger partial charge in [-0.3, -0.25) is 4.79 Å². The molecule has 1 aromatic rings. The van der Waals surface area contributed by atoms with E-state index < -0.39 is 0 Å². The monoisotopic (exact) mass is 332 g/mol. The van der Waals surface area contributed by atoms with E-state index in [9.17, 15) is 4.79 Å². The number of hydrogen-bond acceptors (Lipinski definition) is 5. The molecule has 0 heterocycles. The van der Waals surface area contributed by atoms with Crippen molar-refractivity contribution in [2.24, 2.45) is 0 Å². The zero-order chi connectivity index (χ0) is 14.3. The number of aliphatic hydroxyl groups is 1. The van der Waals surface area contributed by atoms with Crippen molar-refractivity contribution >= 4 is 21.9 Å². The third kappa shape index (κ3) is 4.72. The van der Waals surface area contributed by atoms with Gasteiger partial charge in [-0.15, -0.1) is 0 Å². The van der Waals surface area contributed by atoms with Crippen molar-refractivity contribution in [2.45, 2.75) is 20.0 Å². The van der Waals surface area contributed by atoms with E-state index in [2.05, 4.69) is 20.7 Å². The first-order valence-corrected chi connectivity index (χ1v) is 6.67. The predicted octanol–water partition coefficient (Wildman–Crippen LogP) is 2.28. The fourth-order valence-electron chi connectivity index (χ4n) is 1.45. The molecule has 0 aliphatic carbocycles. The molecule has 5 nitrogen and oxygen atoms in total. The summed E-state index contributed by atoms with van der Waals surface area (Å²) in [5, 5.41) is 9.15. The van der Waals surface area contributed by atoms with Gasteiger partial charge in [-0.25, -0.2) is 0 Å². The molecule has 0 unspecified atom stereocenters. The van der Waals surface area contributed by atoms with Crippen LogP contribution in [-0.4, -0.2) is 31.4 Å². The van der Waals surface area contributed by atoms with Gasteiger partial charge in [0.15, 0.2) is 11.5 Å². The first kappa shape index (κ1) is 15.8. The van der Waals surface area contributed by atoms with E-state index in [1.54, 1.807) is 12.1 Å². The molecule has 0 radical (unpaired) electrons. The van der Waals surface area contributed by atoms with Crippen LogP contribution < -0.4 is 9.47 Å². The number of carbonyl (C=O) groups excluding carboxylic acids is 1. The average Bonchev–Trinajstić information content (AvgIpc) is 2.41. The van der Waals surface area contributed by atoms with Crippen molar-refractivity contribution in [3.05, 3.63) is 22.2 Å². The van der Waals surface area contributed by atoms with Crippen molar-refractivity contribution in [3.63, 3.8) is 0 Å². The molecule has 0 saturated carbocycles. The molecule has 0 saturated heterocycles. The highest BCUT2D eigenvalue weighted by molar-refractivity contribution is 9.10. The number of aliphatic hydroxyl groups excluding tert-OH is 1. The van der Waals surface area contributed by atoms with Crippen molar-refractivity contribution in [1.82, 2.24) is 0 Å². The number of methoxy groups -OCH3 is 1. The van der Waals surface area contributed by atoms with Crippen LogP contribution in [0.25, 0.3) is 0 Å². The van der Waals surface area contributed by atoms with Crippen molar-refractivity contribution < 1.29 is 24.1 Å². The predicted molar refractivity (Wildman–Crippen MR) is 73.4 cm³/mol. The standard InChI is InChI=1S/C13H17BrO5/c1-3-18-11-7-9(8-15)6-10(14)13(11)19-5-4-12(16)17-2/h6-7,15H,3-5,8H2,1-2H3. The van der Waals surface area contributed by atoms with Gasteiger partial charge in [0.05, 0.1) is 37.8 Å². The van der Waals surface area contributed by atoms with Gasteiger partial charge in [0.1, 0.15) is 0 Å². The van der Waals surface area contributed by atoms with Crippen LogP contribution in [0, 0.1) is 0 Å². The lowest BCUT2D eigenvalue weighted by molar-refractivity contribution is -0.141. The molecule has 0 aliphatic heterocycles. The molecule has 1 N–H and O–H groups in total. The maximum Gasteiger partial charge on any atom is 0.308 e. The van der Waals surface area contributed by atoms with Crippen LogP contribution in [0.5, 0.6) is 11.5 Å². The third-order valence-electron chi connectivity index (χ3n) is 2.33. The second-order valence-electron chi connectivity index (χ2n) is 3.67. The number of benzene rings is 1. The SMILES string of the molecule is CCOc1cc(CO)cc(Br)c1OCCC(=O)OC. The zero-order valence-electron chi connectivity index (χ0n) is 10.9. The number of halogens is 1. The van der Waals surface area contributed by atoms with E-state index in [0.717, 1.165) is 5.56 Å². The zero-order valence-corrected chi connectivity index (χ0v) is 12.5. The highest BCUT2D eigenvalue weighted by atomic mass is 79.9. The molecule has 1 aromatic carbocycles. The number of ether oxygens (including phenoxy) is 3. The molecule has 0 aliphatic rings. The molecule has 106 valence electrons. The lowest BCUT2D eigenvalue weighted by Gasteiger charge is -2.14. The Kier molecular flexibility index (Phi) is 6.66. The molecule has 19 heavy (non-hydrogen) atoms. The molecule has 0 fully saturated rings. The van der Waals surface area contributed by atoms with E-state index in [-0.39, 0.29) is 25.6 Å². The Bertz CT molecular complexity index is 433. The Labute approximate surface area is 120 Å². The summed E-state index contributed by atoms with van der Waals surface area (Å²) in [5.74, 6) is 0.717. The summed E-state index contributed by atoms with van der Waals surface area (Å²) in [4.78, 5) is 11.0. The lowest BCUT2D eigenvalue weighted by Crippen LogP contribution is -2.09. The van der Waals surface area contributed by atoms with Crippen molar-refractivity contribution in [3.8, 4) is 11.5 Å². The van der Waals surface area contributed by atoms with Crippen LogP contribution in [0.3, 0.4) is 0 Å². The van der Waals surface area contributed by atoms with Gasteiger partial charge in [-0.05, 0) is 40.5 Å². The highest BCUT2D eigenvalue weighted by Gasteiger charge is 2.12. The molecule has 0 atom stereocenters. The molecule has 1 rings (SSSR count). The largest absolute Gasteiger partial charge is 0.490 e. The smallest absolute Gasteiger partial charge is 0.308 e. The van der Waals surface area contributed by atoms with Crippen LogP contribution >= 0.6 is 15.9 Å². The fourth-order valence-corrected chi connectivity index (χ4v) is 2.06. The van der Waals surface area contributed by atoms with E-state index in [1.807, 2.05) is 6.92 Å².